The van der Waals surface area contributed by atoms with Gasteiger partial charge >= 0.3 is 48.5 Å². The van der Waals surface area contributed by atoms with Gasteiger partial charge in [0.15, 0.2) is 0 Å². The van der Waals surface area contributed by atoms with Crippen LogP contribution in [0.1, 0.15) is 81.1 Å². The summed E-state index contributed by atoms with van der Waals surface area (Å²) in [7, 11) is 0. The Morgan fingerprint density at radius 2 is 0.641 bits per heavy atom. The Hall–Kier alpha value is -4.82. The highest BCUT2D eigenvalue weighted by molar-refractivity contribution is 7.99. The van der Waals surface area contributed by atoms with Crippen LogP contribution in [0.2, 0.25) is 0 Å². The first-order valence-corrected chi connectivity index (χ1v) is 32.3. The molecule has 92 heavy (non-hydrogen) atoms. The Bertz CT molecular complexity index is 1910. The van der Waals surface area contributed by atoms with Gasteiger partial charge in [0.1, 0.15) is 98.9 Å². The van der Waals surface area contributed by atoms with Crippen molar-refractivity contribution in [2.75, 3.05) is 182 Å². The van der Waals surface area contributed by atoms with Crippen molar-refractivity contribution in [3.8, 4) is 0 Å². The summed E-state index contributed by atoms with van der Waals surface area (Å²) in [6.45, 7) is 4.39. The molecule has 538 valence electrons. The van der Waals surface area contributed by atoms with Crippen molar-refractivity contribution in [3.63, 3.8) is 0 Å². The first kappa shape index (κ1) is 87.2. The van der Waals surface area contributed by atoms with Crippen LogP contribution in [-0.2, 0) is 95.0 Å². The predicted octanol–water partition coefficient (Wildman–Crippen LogP) is 1.62. The average molecular weight is 1380 g/mol. The summed E-state index contributed by atoms with van der Waals surface area (Å²) in [5, 5.41) is 77.1. The summed E-state index contributed by atoms with van der Waals surface area (Å²) in [6.07, 6.45) is -7.65. The van der Waals surface area contributed by atoms with E-state index in [-0.39, 0.29) is 38.3 Å². The molecule has 0 radical (unpaired) electrons. The zero-order valence-electron chi connectivity index (χ0n) is 54.3. The highest BCUT2D eigenvalue weighted by Crippen LogP contribution is 2.26. The summed E-state index contributed by atoms with van der Waals surface area (Å²) in [6, 6.07) is 0. The Labute approximate surface area is 545 Å². The second-order valence-corrected chi connectivity index (χ2v) is 25.4. The SMILES string of the molecule is CC(C)CCOC(=O)OCC(C)(COC(=O)OCC(C)(CO)C(=O)OCCCSCCOCCOCCSCCCOC(=O)C(C)(CO)COC(=O)OCC(C)(COC(=O)OCCC(C)C)C(=O)OCC(O)COC(CO)CO)C(=O)OCC(O)COC(CO)CO. The van der Waals surface area contributed by atoms with E-state index < -0.39 is 200 Å². The standard InChI is InChI=1S/C58H102O32S2/c1-41(2)11-15-79-51(71)87-37-57(7,49(69)83-31-43(65)29-81-45(25-59)26-60)39-89-53(73)85-35-55(5,33-63)47(67)77-13-9-21-91-23-19-75-17-18-76-20-24-92-22-10-14-78-48(68)56(6,34-64)36-86-54(74)90-40-58(8,38-88-52(72)80-16-12-42(3)4)50(70)84-32-44(66)30-82-46(27-61)28-62/h41-46,59-66H,9-40H2,1-8H3. The molecule has 0 aliphatic rings. The van der Waals surface area contributed by atoms with Crippen molar-refractivity contribution >= 4 is 72.0 Å². The van der Waals surface area contributed by atoms with Gasteiger partial charge < -0.3 is 117 Å². The molecule has 6 atom stereocenters. The second-order valence-electron chi connectivity index (χ2n) is 22.9. The molecule has 0 aliphatic heterocycles. The maximum Gasteiger partial charge on any atom is 0.508 e. The second kappa shape index (κ2) is 50.6. The molecular weight excluding hydrogens is 1270 g/mol. The maximum atomic E-state index is 13.2. The smallest absolute Gasteiger partial charge is 0.465 e. The average Bonchev–Trinajstić information content (AvgIpc) is 1.01. The van der Waals surface area contributed by atoms with E-state index in [1.807, 2.05) is 27.7 Å². The van der Waals surface area contributed by atoms with Crippen LogP contribution in [0.5, 0.6) is 0 Å². The quantitative estimate of drug-likeness (QED) is 0.0244. The van der Waals surface area contributed by atoms with Crippen molar-refractivity contribution in [1.29, 1.82) is 0 Å². The van der Waals surface area contributed by atoms with Gasteiger partial charge in [0.05, 0.1) is 106 Å². The van der Waals surface area contributed by atoms with Gasteiger partial charge in [-0.05, 0) is 76.7 Å². The molecular formula is C58H102O32S2. The minimum absolute atomic E-state index is 0.00397. The van der Waals surface area contributed by atoms with Crippen LogP contribution in [-0.4, -0.2) is 295 Å². The number of aliphatic hydroxyl groups is 8. The Kier molecular flexibility index (Phi) is 47.9. The highest BCUT2D eigenvalue weighted by atomic mass is 32.2. The number of carbonyl (C=O) groups is 8. The van der Waals surface area contributed by atoms with E-state index >= 15 is 0 Å². The molecule has 0 heterocycles. The van der Waals surface area contributed by atoms with E-state index in [0.717, 1.165) is 0 Å². The zero-order valence-corrected chi connectivity index (χ0v) is 55.9. The number of hydrogen-bond acceptors (Lipinski definition) is 34. The lowest BCUT2D eigenvalue weighted by atomic mass is 9.93. The number of thioether (sulfide) groups is 2. The lowest BCUT2D eigenvalue weighted by molar-refractivity contribution is -0.167. The molecule has 0 aliphatic carbocycles. The van der Waals surface area contributed by atoms with Crippen molar-refractivity contribution < 1.29 is 155 Å². The third kappa shape index (κ3) is 40.4. The molecule has 0 fully saturated rings. The van der Waals surface area contributed by atoms with Crippen LogP contribution in [0.4, 0.5) is 19.2 Å². The molecule has 0 saturated carbocycles. The minimum Gasteiger partial charge on any atom is -0.465 e. The van der Waals surface area contributed by atoms with E-state index in [0.29, 0.717) is 75.1 Å². The third-order valence-electron chi connectivity index (χ3n) is 12.7. The van der Waals surface area contributed by atoms with E-state index in [4.69, 9.17) is 96.2 Å². The molecule has 0 rings (SSSR count). The maximum absolute atomic E-state index is 13.2. The lowest BCUT2D eigenvalue weighted by Gasteiger charge is -2.27. The first-order valence-electron chi connectivity index (χ1n) is 30.0. The van der Waals surface area contributed by atoms with Gasteiger partial charge in [0.2, 0.25) is 0 Å². The number of carbonyl (C=O) groups excluding carboxylic acids is 8. The molecule has 0 aromatic heterocycles. The van der Waals surface area contributed by atoms with Crippen LogP contribution in [0.25, 0.3) is 0 Å². The molecule has 0 aromatic rings. The van der Waals surface area contributed by atoms with Gasteiger partial charge in [-0.15, -0.1) is 0 Å². The van der Waals surface area contributed by atoms with Crippen molar-refractivity contribution in [1.82, 2.24) is 0 Å². The van der Waals surface area contributed by atoms with Crippen molar-refractivity contribution in [2.45, 2.75) is 105 Å². The summed E-state index contributed by atoms with van der Waals surface area (Å²) < 4.78 is 83.1. The molecule has 0 spiro atoms. The number of hydrogen-bond donors (Lipinski definition) is 8. The first-order chi connectivity index (χ1) is 43.6. The van der Waals surface area contributed by atoms with E-state index in [1.165, 1.54) is 27.7 Å². The normalized spacial score (nSPS) is 14.8. The topological polar surface area (TPSA) is 446 Å². The number of esters is 4. The number of rotatable bonds is 55. The highest BCUT2D eigenvalue weighted by Gasteiger charge is 2.43. The summed E-state index contributed by atoms with van der Waals surface area (Å²) in [5.74, 6) is -0.920. The van der Waals surface area contributed by atoms with E-state index in [2.05, 4.69) is 0 Å². The fraction of sp³-hybridized carbons (Fsp3) is 0.862. The molecule has 0 saturated heterocycles. The van der Waals surface area contributed by atoms with Gasteiger partial charge in [-0.1, -0.05) is 27.7 Å². The van der Waals surface area contributed by atoms with E-state index in [1.54, 1.807) is 23.5 Å². The fourth-order valence-electron chi connectivity index (χ4n) is 6.26. The zero-order chi connectivity index (χ0) is 69.4. The molecule has 32 nitrogen and oxygen atoms in total. The Morgan fingerprint density at radius 3 is 0.935 bits per heavy atom. The summed E-state index contributed by atoms with van der Waals surface area (Å²) in [5.41, 5.74) is -7.10. The van der Waals surface area contributed by atoms with Crippen LogP contribution >= 0.6 is 23.5 Å². The van der Waals surface area contributed by atoms with Crippen LogP contribution < -0.4 is 0 Å². The van der Waals surface area contributed by atoms with Crippen molar-refractivity contribution in [2.24, 2.45) is 33.5 Å². The van der Waals surface area contributed by atoms with Gasteiger partial charge in [0.25, 0.3) is 0 Å². The Morgan fingerprint density at radius 1 is 0.348 bits per heavy atom. The van der Waals surface area contributed by atoms with Gasteiger partial charge in [-0.3, -0.25) is 19.2 Å². The number of aliphatic hydroxyl groups excluding tert-OH is 8. The molecule has 34 heteroatoms. The van der Waals surface area contributed by atoms with E-state index in [9.17, 15) is 58.8 Å². The predicted molar refractivity (Wildman–Crippen MR) is 324 cm³/mol. The van der Waals surface area contributed by atoms with Crippen LogP contribution in [0, 0.1) is 33.5 Å². The molecule has 0 bridgehead atoms. The number of ether oxygens (including phenoxy) is 16. The van der Waals surface area contributed by atoms with Crippen molar-refractivity contribution in [3.05, 3.63) is 0 Å². The van der Waals surface area contributed by atoms with Crippen LogP contribution in [0.15, 0.2) is 0 Å². The summed E-state index contributed by atoms with van der Waals surface area (Å²) in [4.78, 5) is 102. The van der Waals surface area contributed by atoms with Gasteiger partial charge in [0, 0.05) is 11.5 Å². The molecule has 0 amide bonds. The molecule has 0 aromatic carbocycles. The largest absolute Gasteiger partial charge is 0.508 e. The molecule has 8 N–H and O–H groups in total. The third-order valence-corrected chi connectivity index (χ3v) is 14.7. The van der Waals surface area contributed by atoms with Crippen LogP contribution in [0.3, 0.4) is 0 Å². The monoisotopic (exact) mass is 1370 g/mol. The Balaban J connectivity index is 4.64. The summed E-state index contributed by atoms with van der Waals surface area (Å²) >= 11 is 3.10. The van der Waals surface area contributed by atoms with Gasteiger partial charge in [-0.2, -0.15) is 23.5 Å². The fourth-order valence-corrected chi connectivity index (χ4v) is 7.78. The molecule has 6 unspecified atom stereocenters. The van der Waals surface area contributed by atoms with Gasteiger partial charge in [-0.25, -0.2) is 19.2 Å². The minimum atomic E-state index is -1.86. The lowest BCUT2D eigenvalue weighted by Crippen LogP contribution is -2.42.